The molecule has 0 fully saturated rings. The summed E-state index contributed by atoms with van der Waals surface area (Å²) in [7, 11) is 0. The fourth-order valence-electron chi connectivity index (χ4n) is 1.85. The van der Waals surface area contributed by atoms with Crippen molar-refractivity contribution in [2.24, 2.45) is 5.41 Å². The van der Waals surface area contributed by atoms with Crippen molar-refractivity contribution in [1.82, 2.24) is 10.3 Å². The molecule has 2 aromatic rings. The summed E-state index contributed by atoms with van der Waals surface area (Å²) in [5.41, 5.74) is -0.416. The van der Waals surface area contributed by atoms with Gasteiger partial charge in [-0.1, -0.05) is 12.1 Å². The molecule has 0 aliphatic heterocycles. The second kappa shape index (κ2) is 7.00. The number of amides is 2. The summed E-state index contributed by atoms with van der Waals surface area (Å²) in [6, 6.07) is 9.36. The number of hydrogen-bond acceptors (Lipinski definition) is 3. The fraction of sp³-hybridized carbons (Fsp3) is 0.235. The van der Waals surface area contributed by atoms with Crippen molar-refractivity contribution in [3.8, 4) is 0 Å². The molecule has 0 unspecified atom stereocenters. The van der Waals surface area contributed by atoms with E-state index in [0.29, 0.717) is 0 Å². The number of nitrogens with one attached hydrogen (secondary N) is 2. The van der Waals surface area contributed by atoms with Gasteiger partial charge in [0.05, 0.1) is 5.69 Å². The quantitative estimate of drug-likeness (QED) is 0.833. The van der Waals surface area contributed by atoms with E-state index < -0.39 is 23.0 Å². The lowest BCUT2D eigenvalue weighted by Crippen LogP contribution is -2.45. The number of halogens is 1. The van der Waals surface area contributed by atoms with Gasteiger partial charge in [0.1, 0.15) is 11.2 Å². The van der Waals surface area contributed by atoms with Crippen molar-refractivity contribution in [2.75, 3.05) is 5.32 Å². The van der Waals surface area contributed by atoms with Crippen LogP contribution in [0.4, 0.5) is 10.1 Å². The third-order valence-corrected chi connectivity index (χ3v) is 3.46. The summed E-state index contributed by atoms with van der Waals surface area (Å²) in [6.07, 6.45) is 3.25. The minimum Gasteiger partial charge on any atom is -0.351 e. The largest absolute Gasteiger partial charge is 0.351 e. The highest BCUT2D eigenvalue weighted by molar-refractivity contribution is 6.09. The van der Waals surface area contributed by atoms with Gasteiger partial charge >= 0.3 is 0 Å². The van der Waals surface area contributed by atoms with Crippen LogP contribution in [0.3, 0.4) is 0 Å². The number of carbonyl (C=O) groups is 2. The molecule has 2 rings (SSSR count). The van der Waals surface area contributed by atoms with E-state index in [0.717, 1.165) is 5.56 Å². The first kappa shape index (κ1) is 16.6. The van der Waals surface area contributed by atoms with Crippen LogP contribution in [0.25, 0.3) is 0 Å². The van der Waals surface area contributed by atoms with E-state index in [1.54, 1.807) is 30.6 Å². The molecular weight excluding hydrogens is 297 g/mol. The molecule has 23 heavy (non-hydrogen) atoms. The van der Waals surface area contributed by atoms with Crippen molar-refractivity contribution in [1.29, 1.82) is 0 Å². The molecule has 120 valence electrons. The van der Waals surface area contributed by atoms with Crippen molar-refractivity contribution in [2.45, 2.75) is 20.4 Å². The molecule has 5 nitrogen and oxygen atoms in total. The first-order valence-corrected chi connectivity index (χ1v) is 7.14. The number of nitrogens with zero attached hydrogens (tertiary/aromatic N) is 1. The average molecular weight is 315 g/mol. The van der Waals surface area contributed by atoms with Crippen LogP contribution >= 0.6 is 0 Å². The molecule has 0 bridgehead atoms. The van der Waals surface area contributed by atoms with Crippen LogP contribution in [0.15, 0.2) is 48.8 Å². The van der Waals surface area contributed by atoms with Gasteiger partial charge in [-0.25, -0.2) is 4.39 Å². The molecule has 0 spiro atoms. The molecule has 0 atom stereocenters. The van der Waals surface area contributed by atoms with Crippen LogP contribution in [0.5, 0.6) is 0 Å². The van der Waals surface area contributed by atoms with Crippen LogP contribution in [0, 0.1) is 11.2 Å². The Labute approximate surface area is 133 Å². The first-order valence-electron chi connectivity index (χ1n) is 7.14. The Morgan fingerprint density at radius 3 is 2.39 bits per heavy atom. The van der Waals surface area contributed by atoms with Gasteiger partial charge in [-0.3, -0.25) is 14.6 Å². The summed E-state index contributed by atoms with van der Waals surface area (Å²) in [5, 5.41) is 5.14. The molecule has 6 heteroatoms. The molecule has 2 amide bonds. The van der Waals surface area contributed by atoms with E-state index in [-0.39, 0.29) is 12.2 Å². The number of para-hydroxylation sites is 1. The molecule has 1 aromatic heterocycles. The zero-order valence-corrected chi connectivity index (χ0v) is 13.0. The SMILES string of the molecule is CC(C)(C(=O)NCc1ccncc1)C(=O)Nc1ccccc1F. The van der Waals surface area contributed by atoms with Crippen LogP contribution in [0.1, 0.15) is 19.4 Å². The van der Waals surface area contributed by atoms with Crippen LogP contribution in [-0.4, -0.2) is 16.8 Å². The average Bonchev–Trinajstić information content (AvgIpc) is 2.55. The number of carbonyl (C=O) groups excluding carboxylic acids is 2. The zero-order valence-electron chi connectivity index (χ0n) is 13.0. The molecule has 2 N–H and O–H groups in total. The standard InChI is InChI=1S/C17H18FN3O2/c1-17(2,15(22)20-11-12-7-9-19-10-8-12)16(23)21-14-6-4-3-5-13(14)18/h3-10H,11H2,1-2H3,(H,20,22)(H,21,23). The maximum Gasteiger partial charge on any atom is 0.239 e. The van der Waals surface area contributed by atoms with E-state index in [1.807, 2.05) is 0 Å². The lowest BCUT2D eigenvalue weighted by atomic mass is 9.90. The maximum absolute atomic E-state index is 13.6. The summed E-state index contributed by atoms with van der Waals surface area (Å²) < 4.78 is 13.6. The van der Waals surface area contributed by atoms with Crippen molar-refractivity contribution >= 4 is 17.5 Å². The molecule has 0 saturated heterocycles. The summed E-state index contributed by atoms with van der Waals surface area (Å²) in [6.45, 7) is 3.27. The van der Waals surface area contributed by atoms with Gasteiger partial charge in [-0.05, 0) is 43.7 Å². The molecule has 0 saturated carbocycles. The Bertz CT molecular complexity index is 702. The van der Waals surface area contributed by atoms with Gasteiger partial charge in [-0.15, -0.1) is 0 Å². The van der Waals surface area contributed by atoms with Crippen LogP contribution < -0.4 is 10.6 Å². The van der Waals surface area contributed by atoms with E-state index in [2.05, 4.69) is 15.6 Å². The topological polar surface area (TPSA) is 71.1 Å². The highest BCUT2D eigenvalue weighted by Crippen LogP contribution is 2.21. The van der Waals surface area contributed by atoms with Gasteiger partial charge in [0.15, 0.2) is 0 Å². The Hall–Kier alpha value is -2.76. The Morgan fingerprint density at radius 2 is 1.74 bits per heavy atom. The predicted octanol–water partition coefficient (Wildman–Crippen LogP) is 2.50. The third-order valence-electron chi connectivity index (χ3n) is 3.46. The molecular formula is C17H18FN3O2. The number of aromatic nitrogens is 1. The van der Waals surface area contributed by atoms with Gasteiger partial charge in [-0.2, -0.15) is 0 Å². The van der Waals surface area contributed by atoms with Gasteiger partial charge in [0.25, 0.3) is 0 Å². The highest BCUT2D eigenvalue weighted by Gasteiger charge is 2.36. The number of benzene rings is 1. The summed E-state index contributed by atoms with van der Waals surface area (Å²) in [4.78, 5) is 28.5. The minimum absolute atomic E-state index is 0.0486. The van der Waals surface area contributed by atoms with Crippen molar-refractivity contribution in [3.05, 3.63) is 60.2 Å². The minimum atomic E-state index is -1.34. The van der Waals surface area contributed by atoms with Crippen LogP contribution in [0.2, 0.25) is 0 Å². The van der Waals surface area contributed by atoms with Crippen molar-refractivity contribution < 1.29 is 14.0 Å². The van der Waals surface area contributed by atoms with E-state index in [9.17, 15) is 14.0 Å². The Morgan fingerprint density at radius 1 is 1.09 bits per heavy atom. The predicted molar refractivity (Wildman–Crippen MR) is 84.9 cm³/mol. The van der Waals surface area contributed by atoms with E-state index in [1.165, 1.54) is 32.0 Å². The summed E-state index contributed by atoms with van der Waals surface area (Å²) in [5.74, 6) is -1.56. The Kier molecular flexibility index (Phi) is 5.05. The third kappa shape index (κ3) is 4.12. The first-order chi connectivity index (χ1) is 10.9. The summed E-state index contributed by atoms with van der Waals surface area (Å²) >= 11 is 0. The lowest BCUT2D eigenvalue weighted by molar-refractivity contribution is -0.138. The van der Waals surface area contributed by atoms with E-state index in [4.69, 9.17) is 0 Å². The zero-order chi connectivity index (χ0) is 16.9. The number of rotatable bonds is 5. The molecule has 1 aromatic carbocycles. The fourth-order valence-corrected chi connectivity index (χ4v) is 1.85. The normalized spacial score (nSPS) is 10.9. The Balaban J connectivity index is 2.00. The smallest absolute Gasteiger partial charge is 0.239 e. The number of hydrogen-bond donors (Lipinski definition) is 2. The molecule has 0 aliphatic carbocycles. The number of pyridine rings is 1. The highest BCUT2D eigenvalue weighted by atomic mass is 19.1. The second-order valence-corrected chi connectivity index (χ2v) is 5.60. The number of anilines is 1. The second-order valence-electron chi connectivity index (χ2n) is 5.60. The molecule has 0 aliphatic rings. The van der Waals surface area contributed by atoms with Crippen LogP contribution in [-0.2, 0) is 16.1 Å². The van der Waals surface area contributed by atoms with Crippen molar-refractivity contribution in [3.63, 3.8) is 0 Å². The lowest BCUT2D eigenvalue weighted by Gasteiger charge is -2.23. The van der Waals surface area contributed by atoms with Gasteiger partial charge in [0.2, 0.25) is 11.8 Å². The molecule has 1 heterocycles. The maximum atomic E-state index is 13.6. The monoisotopic (exact) mass is 315 g/mol. The van der Waals surface area contributed by atoms with Gasteiger partial charge < -0.3 is 10.6 Å². The molecule has 0 radical (unpaired) electrons. The van der Waals surface area contributed by atoms with E-state index >= 15 is 0 Å². The van der Waals surface area contributed by atoms with Gasteiger partial charge in [0, 0.05) is 18.9 Å².